The second kappa shape index (κ2) is 17.7. The van der Waals surface area contributed by atoms with Gasteiger partial charge in [-0.1, -0.05) is 84.8 Å². The molecule has 3 N–H and O–H groups in total. The molecule has 1 aromatic rings. The van der Waals surface area contributed by atoms with Crippen molar-refractivity contribution >= 4 is 17.9 Å². The van der Waals surface area contributed by atoms with E-state index in [2.05, 4.69) is 24.5 Å². The molecule has 3 amide bonds. The molecule has 0 fully saturated rings. The van der Waals surface area contributed by atoms with E-state index in [0.29, 0.717) is 25.1 Å². The molecule has 0 saturated heterocycles. The van der Waals surface area contributed by atoms with E-state index >= 15 is 0 Å². The van der Waals surface area contributed by atoms with E-state index < -0.39 is 23.8 Å². The Morgan fingerprint density at radius 1 is 0.974 bits per heavy atom. The summed E-state index contributed by atoms with van der Waals surface area (Å²) in [6.07, 6.45) is 7.76. The van der Waals surface area contributed by atoms with E-state index in [1.807, 2.05) is 13.8 Å². The number of rotatable bonds is 17. The second-order valence-corrected chi connectivity index (χ2v) is 11.5. The third-order valence-electron chi connectivity index (χ3n) is 6.76. The first-order chi connectivity index (χ1) is 18.4. The summed E-state index contributed by atoms with van der Waals surface area (Å²) < 4.78 is 5.47. The van der Waals surface area contributed by atoms with E-state index in [-0.39, 0.29) is 23.5 Å². The number of benzene rings is 1. The molecule has 1 aromatic carbocycles. The lowest BCUT2D eigenvalue weighted by Crippen LogP contribution is -2.55. The highest BCUT2D eigenvalue weighted by molar-refractivity contribution is 5.92. The molecule has 0 spiro atoms. The van der Waals surface area contributed by atoms with Crippen molar-refractivity contribution in [3.8, 4) is 5.75 Å². The van der Waals surface area contributed by atoms with Crippen molar-refractivity contribution in [2.45, 2.75) is 124 Å². The molecule has 0 saturated carbocycles. The molecule has 8 heteroatoms. The molecule has 0 radical (unpaired) electrons. The number of hydrogen-bond acceptors (Lipinski definition) is 5. The van der Waals surface area contributed by atoms with Crippen LogP contribution in [0.5, 0.6) is 5.75 Å². The van der Waals surface area contributed by atoms with Crippen molar-refractivity contribution in [3.63, 3.8) is 0 Å². The van der Waals surface area contributed by atoms with Crippen molar-refractivity contribution in [3.05, 3.63) is 29.8 Å². The third kappa shape index (κ3) is 12.8. The molecule has 3 atom stereocenters. The quantitative estimate of drug-likeness (QED) is 0.194. The fourth-order valence-corrected chi connectivity index (χ4v) is 4.40. The zero-order valence-corrected chi connectivity index (χ0v) is 25.3. The molecule has 0 bridgehead atoms. The highest BCUT2D eigenvalue weighted by atomic mass is 16.6. The number of ether oxygens (including phenoxy) is 1. The van der Waals surface area contributed by atoms with Crippen LogP contribution in [0.3, 0.4) is 0 Å². The number of phenols is 1. The normalized spacial score (nSPS) is 13.7. The standard InChI is InChI=1S/C31H53N3O5/c1-8-11-13-14-16-21-34(29(37)26(23(4)10-3)33-30(38)39-31(5,6)7)27(24-18-17-19-25(35)22-24)28(36)32-20-15-12-9-2/h17-19,22-23,26-27,35H,8-16,20-21H2,1-7H3,(H,32,36)(H,33,38). The van der Waals surface area contributed by atoms with Crippen molar-refractivity contribution in [1.29, 1.82) is 0 Å². The van der Waals surface area contributed by atoms with E-state index in [4.69, 9.17) is 4.74 Å². The monoisotopic (exact) mass is 547 g/mol. The minimum Gasteiger partial charge on any atom is -0.508 e. The fraction of sp³-hybridized carbons (Fsp3) is 0.710. The average Bonchev–Trinajstić information content (AvgIpc) is 2.87. The van der Waals surface area contributed by atoms with Gasteiger partial charge in [-0.25, -0.2) is 4.79 Å². The molecule has 0 heterocycles. The predicted octanol–water partition coefficient (Wildman–Crippen LogP) is 6.48. The van der Waals surface area contributed by atoms with Crippen LogP contribution in [-0.4, -0.2) is 52.6 Å². The number of carbonyl (C=O) groups is 3. The number of nitrogens with zero attached hydrogens (tertiary/aromatic N) is 1. The molecule has 3 unspecified atom stereocenters. The lowest BCUT2D eigenvalue weighted by atomic mass is 9.95. The van der Waals surface area contributed by atoms with Crippen LogP contribution in [0.4, 0.5) is 4.79 Å². The van der Waals surface area contributed by atoms with Crippen molar-refractivity contribution < 1.29 is 24.2 Å². The zero-order chi connectivity index (χ0) is 29.4. The van der Waals surface area contributed by atoms with Crippen LogP contribution in [0.15, 0.2) is 24.3 Å². The molecular formula is C31H53N3O5. The summed E-state index contributed by atoms with van der Waals surface area (Å²) in [6, 6.07) is 4.71. The largest absolute Gasteiger partial charge is 0.508 e. The van der Waals surface area contributed by atoms with Gasteiger partial charge in [0.25, 0.3) is 0 Å². The Morgan fingerprint density at radius 2 is 1.62 bits per heavy atom. The molecule has 222 valence electrons. The SMILES string of the molecule is CCCCCCCN(C(=O)C(NC(=O)OC(C)(C)C)C(C)CC)C(C(=O)NCCCCC)c1cccc(O)c1. The Hall–Kier alpha value is -2.77. The van der Waals surface area contributed by atoms with Crippen LogP contribution in [0.25, 0.3) is 0 Å². The van der Waals surface area contributed by atoms with Crippen molar-refractivity contribution in [2.24, 2.45) is 5.92 Å². The van der Waals surface area contributed by atoms with E-state index in [9.17, 15) is 19.5 Å². The van der Waals surface area contributed by atoms with Gasteiger partial charge < -0.3 is 25.4 Å². The molecule has 0 aromatic heterocycles. The van der Waals surface area contributed by atoms with Gasteiger partial charge in [0.15, 0.2) is 0 Å². The van der Waals surface area contributed by atoms with Gasteiger partial charge >= 0.3 is 6.09 Å². The number of nitrogens with one attached hydrogen (secondary N) is 2. The fourth-order valence-electron chi connectivity index (χ4n) is 4.40. The van der Waals surface area contributed by atoms with Gasteiger partial charge in [-0.3, -0.25) is 9.59 Å². The highest BCUT2D eigenvalue weighted by Gasteiger charge is 2.38. The van der Waals surface area contributed by atoms with Gasteiger partial charge in [0, 0.05) is 13.1 Å². The summed E-state index contributed by atoms with van der Waals surface area (Å²) in [5.74, 6) is -0.788. The Kier molecular flexibility index (Phi) is 15.6. The number of aromatic hydroxyl groups is 1. The number of hydrogen-bond donors (Lipinski definition) is 3. The number of amides is 3. The van der Waals surface area contributed by atoms with Crippen molar-refractivity contribution in [1.82, 2.24) is 15.5 Å². The van der Waals surface area contributed by atoms with Gasteiger partial charge in [-0.05, 0) is 57.2 Å². The number of unbranched alkanes of at least 4 members (excludes halogenated alkanes) is 6. The summed E-state index contributed by atoms with van der Waals surface area (Å²) in [5, 5.41) is 16.0. The Bertz CT molecular complexity index is 883. The zero-order valence-electron chi connectivity index (χ0n) is 25.3. The maximum Gasteiger partial charge on any atom is 0.408 e. The molecule has 8 nitrogen and oxygen atoms in total. The lowest BCUT2D eigenvalue weighted by molar-refractivity contribution is -0.143. The third-order valence-corrected chi connectivity index (χ3v) is 6.76. The molecular weight excluding hydrogens is 494 g/mol. The van der Waals surface area contributed by atoms with Crippen LogP contribution in [0.2, 0.25) is 0 Å². The van der Waals surface area contributed by atoms with E-state index in [1.54, 1.807) is 43.9 Å². The minimum atomic E-state index is -0.940. The maximum atomic E-state index is 14.3. The summed E-state index contributed by atoms with van der Waals surface area (Å²) in [6.45, 7) is 14.3. The van der Waals surface area contributed by atoms with Gasteiger partial charge in [0.05, 0.1) is 0 Å². The Balaban J connectivity index is 3.44. The first-order valence-electron chi connectivity index (χ1n) is 14.8. The first-order valence-corrected chi connectivity index (χ1v) is 14.8. The van der Waals surface area contributed by atoms with Gasteiger partial charge in [-0.2, -0.15) is 0 Å². The molecule has 0 aliphatic carbocycles. The minimum absolute atomic E-state index is 0.0250. The summed E-state index contributed by atoms with van der Waals surface area (Å²) in [4.78, 5) is 42.3. The van der Waals surface area contributed by atoms with Crippen LogP contribution in [0.1, 0.15) is 118 Å². The van der Waals surface area contributed by atoms with E-state index in [0.717, 1.165) is 51.4 Å². The maximum absolute atomic E-state index is 14.3. The van der Waals surface area contributed by atoms with Gasteiger partial charge in [-0.15, -0.1) is 0 Å². The molecule has 39 heavy (non-hydrogen) atoms. The van der Waals surface area contributed by atoms with Gasteiger partial charge in [0.1, 0.15) is 23.4 Å². The second-order valence-electron chi connectivity index (χ2n) is 11.5. The summed E-state index contributed by atoms with van der Waals surface area (Å²) in [7, 11) is 0. The van der Waals surface area contributed by atoms with Crippen molar-refractivity contribution in [2.75, 3.05) is 13.1 Å². The summed E-state index contributed by atoms with van der Waals surface area (Å²) >= 11 is 0. The summed E-state index contributed by atoms with van der Waals surface area (Å²) in [5.41, 5.74) is -0.181. The predicted molar refractivity (Wildman–Crippen MR) is 156 cm³/mol. The molecule has 0 aliphatic heterocycles. The number of carbonyl (C=O) groups excluding carboxylic acids is 3. The first kappa shape index (κ1) is 34.3. The van der Waals surface area contributed by atoms with Crippen LogP contribution in [-0.2, 0) is 14.3 Å². The van der Waals surface area contributed by atoms with Crippen LogP contribution in [0, 0.1) is 5.92 Å². The van der Waals surface area contributed by atoms with Crippen LogP contribution < -0.4 is 10.6 Å². The number of phenolic OH excluding ortho intramolecular Hbond substituents is 1. The Labute approximate surface area is 236 Å². The average molecular weight is 548 g/mol. The molecule has 0 aliphatic rings. The Morgan fingerprint density at radius 3 is 2.21 bits per heavy atom. The van der Waals surface area contributed by atoms with E-state index in [1.165, 1.54) is 6.07 Å². The lowest BCUT2D eigenvalue weighted by Gasteiger charge is -2.36. The number of alkyl carbamates (subject to hydrolysis) is 1. The topological polar surface area (TPSA) is 108 Å². The highest BCUT2D eigenvalue weighted by Crippen LogP contribution is 2.27. The van der Waals surface area contributed by atoms with Crippen LogP contribution >= 0.6 is 0 Å². The smallest absolute Gasteiger partial charge is 0.408 e. The van der Waals surface area contributed by atoms with Gasteiger partial charge in [0.2, 0.25) is 11.8 Å². The molecule has 1 rings (SSSR count).